The first-order valence-electron chi connectivity index (χ1n) is 4.35. The second-order valence-corrected chi connectivity index (χ2v) is 3.24. The number of primary amides is 1. The normalized spacial score (nSPS) is 26.6. The van der Waals surface area contributed by atoms with E-state index in [4.69, 9.17) is 16.2 Å². The van der Waals surface area contributed by atoms with Crippen molar-refractivity contribution in [2.75, 3.05) is 6.61 Å². The first-order chi connectivity index (χ1) is 5.70. The summed E-state index contributed by atoms with van der Waals surface area (Å²) in [6.45, 7) is 0.761. The van der Waals surface area contributed by atoms with Gasteiger partial charge in [0.15, 0.2) is 0 Å². The number of hydrogen-bond acceptors (Lipinski definition) is 3. The highest BCUT2D eigenvalue weighted by atomic mass is 16.5. The van der Waals surface area contributed by atoms with Gasteiger partial charge in [-0.1, -0.05) is 0 Å². The molecule has 0 aromatic carbocycles. The SMILES string of the molecule is NC(=O)C[C@H](N)C1CCCCO1. The Hall–Kier alpha value is -0.610. The summed E-state index contributed by atoms with van der Waals surface area (Å²) in [4.78, 5) is 10.5. The second kappa shape index (κ2) is 4.42. The number of rotatable bonds is 3. The smallest absolute Gasteiger partial charge is 0.219 e. The van der Waals surface area contributed by atoms with Crippen LogP contribution in [-0.4, -0.2) is 24.7 Å². The van der Waals surface area contributed by atoms with Crippen LogP contribution in [0.1, 0.15) is 25.7 Å². The Morgan fingerprint density at radius 3 is 2.83 bits per heavy atom. The standard InChI is InChI=1S/C8H16N2O2/c9-6(5-8(10)11)7-3-1-2-4-12-7/h6-7H,1-5,9H2,(H2,10,11)/t6-,7?/m0/s1. The molecule has 0 radical (unpaired) electrons. The van der Waals surface area contributed by atoms with Crippen molar-refractivity contribution < 1.29 is 9.53 Å². The van der Waals surface area contributed by atoms with E-state index in [2.05, 4.69) is 0 Å². The fraction of sp³-hybridized carbons (Fsp3) is 0.875. The number of amides is 1. The molecular formula is C8H16N2O2. The maximum atomic E-state index is 10.5. The van der Waals surface area contributed by atoms with Crippen molar-refractivity contribution in [3.8, 4) is 0 Å². The highest BCUT2D eigenvalue weighted by molar-refractivity contribution is 5.74. The highest BCUT2D eigenvalue weighted by Gasteiger charge is 2.22. The van der Waals surface area contributed by atoms with Crippen LogP contribution in [0.3, 0.4) is 0 Å². The zero-order valence-electron chi connectivity index (χ0n) is 7.16. The summed E-state index contributed by atoms with van der Waals surface area (Å²) >= 11 is 0. The molecule has 1 heterocycles. The van der Waals surface area contributed by atoms with Gasteiger partial charge < -0.3 is 16.2 Å². The van der Waals surface area contributed by atoms with Crippen molar-refractivity contribution >= 4 is 5.91 Å². The van der Waals surface area contributed by atoms with E-state index in [1.54, 1.807) is 0 Å². The summed E-state index contributed by atoms with van der Waals surface area (Å²) in [7, 11) is 0. The van der Waals surface area contributed by atoms with Gasteiger partial charge >= 0.3 is 0 Å². The van der Waals surface area contributed by atoms with Gasteiger partial charge in [0.25, 0.3) is 0 Å². The summed E-state index contributed by atoms with van der Waals surface area (Å²) in [5.74, 6) is -0.350. The van der Waals surface area contributed by atoms with E-state index < -0.39 is 0 Å². The lowest BCUT2D eigenvalue weighted by atomic mass is 10.0. The van der Waals surface area contributed by atoms with E-state index in [-0.39, 0.29) is 24.5 Å². The van der Waals surface area contributed by atoms with E-state index in [0.717, 1.165) is 25.9 Å². The topological polar surface area (TPSA) is 78.3 Å². The van der Waals surface area contributed by atoms with Crippen LogP contribution in [0.25, 0.3) is 0 Å². The highest BCUT2D eigenvalue weighted by Crippen LogP contribution is 2.15. The quantitative estimate of drug-likeness (QED) is 0.616. The minimum Gasteiger partial charge on any atom is -0.377 e. The third-order valence-electron chi connectivity index (χ3n) is 2.13. The van der Waals surface area contributed by atoms with E-state index in [1.807, 2.05) is 0 Å². The minimum atomic E-state index is -0.350. The summed E-state index contributed by atoms with van der Waals surface area (Å²) in [6, 6.07) is -0.220. The monoisotopic (exact) mass is 172 g/mol. The van der Waals surface area contributed by atoms with Crippen molar-refractivity contribution in [3.63, 3.8) is 0 Å². The fourth-order valence-electron chi connectivity index (χ4n) is 1.47. The van der Waals surface area contributed by atoms with Gasteiger partial charge in [0.2, 0.25) is 5.91 Å². The number of carbonyl (C=O) groups excluding carboxylic acids is 1. The maximum Gasteiger partial charge on any atom is 0.219 e. The van der Waals surface area contributed by atoms with Gasteiger partial charge in [-0.05, 0) is 19.3 Å². The van der Waals surface area contributed by atoms with Gasteiger partial charge in [-0.15, -0.1) is 0 Å². The molecular weight excluding hydrogens is 156 g/mol. The second-order valence-electron chi connectivity index (χ2n) is 3.24. The van der Waals surface area contributed by atoms with Crippen LogP contribution < -0.4 is 11.5 Å². The zero-order valence-corrected chi connectivity index (χ0v) is 7.16. The van der Waals surface area contributed by atoms with E-state index in [0.29, 0.717) is 0 Å². The van der Waals surface area contributed by atoms with Gasteiger partial charge in [0.1, 0.15) is 0 Å². The lowest BCUT2D eigenvalue weighted by Gasteiger charge is -2.27. The average Bonchev–Trinajstić information content (AvgIpc) is 2.05. The zero-order chi connectivity index (χ0) is 8.97. The van der Waals surface area contributed by atoms with Gasteiger partial charge in [-0.25, -0.2) is 0 Å². The molecule has 4 heteroatoms. The molecule has 0 aliphatic carbocycles. The molecule has 70 valence electrons. The third kappa shape index (κ3) is 2.79. The van der Waals surface area contributed by atoms with E-state index in [1.165, 1.54) is 0 Å². The maximum absolute atomic E-state index is 10.5. The van der Waals surface area contributed by atoms with Gasteiger partial charge in [-0.3, -0.25) is 4.79 Å². The van der Waals surface area contributed by atoms with Crippen LogP contribution >= 0.6 is 0 Å². The Kier molecular flexibility index (Phi) is 3.49. The minimum absolute atomic E-state index is 0.0336. The molecule has 0 aromatic heterocycles. The molecule has 1 rings (SSSR count). The Bertz CT molecular complexity index is 155. The number of nitrogens with two attached hydrogens (primary N) is 2. The predicted octanol–water partition coefficient (Wildman–Crippen LogP) is -0.242. The number of hydrogen-bond donors (Lipinski definition) is 2. The van der Waals surface area contributed by atoms with Crippen molar-refractivity contribution in [1.82, 2.24) is 0 Å². The largest absolute Gasteiger partial charge is 0.377 e. The predicted molar refractivity (Wildman–Crippen MR) is 45.4 cm³/mol. The average molecular weight is 172 g/mol. The Labute approximate surface area is 72.2 Å². The summed E-state index contributed by atoms with van der Waals surface area (Å²) in [6.07, 6.45) is 3.45. The summed E-state index contributed by atoms with van der Waals surface area (Å²) in [5.41, 5.74) is 10.7. The fourth-order valence-corrected chi connectivity index (χ4v) is 1.47. The van der Waals surface area contributed by atoms with Gasteiger partial charge in [0, 0.05) is 19.1 Å². The Morgan fingerprint density at radius 1 is 1.58 bits per heavy atom. The van der Waals surface area contributed by atoms with Crippen LogP contribution in [-0.2, 0) is 9.53 Å². The molecule has 1 aliphatic rings. The molecule has 4 N–H and O–H groups in total. The molecule has 12 heavy (non-hydrogen) atoms. The van der Waals surface area contributed by atoms with E-state index >= 15 is 0 Å². The summed E-state index contributed by atoms with van der Waals surface area (Å²) < 4.78 is 5.41. The molecule has 0 aromatic rings. The number of carbonyl (C=O) groups is 1. The molecule has 4 nitrogen and oxygen atoms in total. The molecule has 0 bridgehead atoms. The van der Waals surface area contributed by atoms with Crippen LogP contribution in [0.2, 0.25) is 0 Å². The number of ether oxygens (including phenoxy) is 1. The van der Waals surface area contributed by atoms with E-state index in [9.17, 15) is 4.79 Å². The van der Waals surface area contributed by atoms with Crippen molar-refractivity contribution in [3.05, 3.63) is 0 Å². The molecule has 2 atom stereocenters. The van der Waals surface area contributed by atoms with Crippen molar-refractivity contribution in [2.24, 2.45) is 11.5 Å². The molecule has 0 spiro atoms. The first-order valence-corrected chi connectivity index (χ1v) is 4.35. The molecule has 0 saturated carbocycles. The van der Waals surface area contributed by atoms with Gasteiger partial charge in [0.05, 0.1) is 6.10 Å². The first kappa shape index (κ1) is 9.48. The van der Waals surface area contributed by atoms with Crippen LogP contribution in [0.4, 0.5) is 0 Å². The van der Waals surface area contributed by atoms with Crippen LogP contribution in [0, 0.1) is 0 Å². The molecule has 1 unspecified atom stereocenters. The molecule has 1 amide bonds. The molecule has 1 saturated heterocycles. The summed E-state index contributed by atoms with van der Waals surface area (Å²) in [5, 5.41) is 0. The Balaban J connectivity index is 2.29. The molecule has 1 aliphatic heterocycles. The third-order valence-corrected chi connectivity index (χ3v) is 2.13. The van der Waals surface area contributed by atoms with Gasteiger partial charge in [-0.2, -0.15) is 0 Å². The van der Waals surface area contributed by atoms with Crippen LogP contribution in [0.5, 0.6) is 0 Å². The van der Waals surface area contributed by atoms with Crippen molar-refractivity contribution in [2.45, 2.75) is 37.8 Å². The molecule has 1 fully saturated rings. The Morgan fingerprint density at radius 2 is 2.33 bits per heavy atom. The lowest BCUT2D eigenvalue weighted by molar-refractivity contribution is -0.119. The van der Waals surface area contributed by atoms with Crippen LogP contribution in [0.15, 0.2) is 0 Å². The lowest BCUT2D eigenvalue weighted by Crippen LogP contribution is -2.41. The van der Waals surface area contributed by atoms with Crippen molar-refractivity contribution in [1.29, 1.82) is 0 Å².